The van der Waals surface area contributed by atoms with Gasteiger partial charge in [0.25, 0.3) is 0 Å². The lowest BCUT2D eigenvalue weighted by molar-refractivity contribution is 0.175. The van der Waals surface area contributed by atoms with Crippen molar-refractivity contribution in [3.05, 3.63) is 35.4 Å². The minimum Gasteiger partial charge on any atom is -0.388 e. The summed E-state index contributed by atoms with van der Waals surface area (Å²) < 4.78 is 0. The zero-order valence-corrected chi connectivity index (χ0v) is 11.1. The lowest BCUT2D eigenvalue weighted by atomic mass is 10.0. The van der Waals surface area contributed by atoms with E-state index < -0.39 is 0 Å². The van der Waals surface area contributed by atoms with Crippen molar-refractivity contribution < 1.29 is 5.11 Å². The zero-order valence-electron chi connectivity index (χ0n) is 10.3. The second kappa shape index (κ2) is 7.75. The van der Waals surface area contributed by atoms with Gasteiger partial charge in [0.1, 0.15) is 0 Å². The summed E-state index contributed by atoms with van der Waals surface area (Å²) in [5.41, 5.74) is 2.41. The van der Waals surface area contributed by atoms with Crippen LogP contribution in [0.5, 0.6) is 0 Å². The van der Waals surface area contributed by atoms with E-state index in [0.717, 1.165) is 29.9 Å². The Hall–Kier alpha value is -0.470. The second-order valence-electron chi connectivity index (χ2n) is 3.99. The summed E-state index contributed by atoms with van der Waals surface area (Å²) >= 11 is 1.88. The third-order valence-electron chi connectivity index (χ3n) is 2.64. The molecule has 0 heterocycles. The maximum Gasteiger partial charge on any atom is 0.0797 e. The minimum absolute atomic E-state index is 0.297. The van der Waals surface area contributed by atoms with Gasteiger partial charge in [0.15, 0.2) is 0 Å². The Kier molecular flexibility index (Phi) is 6.58. The van der Waals surface area contributed by atoms with Gasteiger partial charge in [-0.1, -0.05) is 44.5 Å². The van der Waals surface area contributed by atoms with Gasteiger partial charge in [0.2, 0.25) is 0 Å². The predicted molar refractivity (Wildman–Crippen MR) is 73.0 cm³/mol. The SMILES string of the molecule is CCCc1ccc(C(O)CCSCC)cc1. The molecule has 0 aliphatic heterocycles. The first-order chi connectivity index (χ1) is 7.77. The van der Waals surface area contributed by atoms with Crippen molar-refractivity contribution in [2.24, 2.45) is 0 Å². The molecule has 0 radical (unpaired) electrons. The zero-order chi connectivity index (χ0) is 11.8. The molecular formula is C14H22OS. The van der Waals surface area contributed by atoms with E-state index in [0.29, 0.717) is 0 Å². The van der Waals surface area contributed by atoms with Gasteiger partial charge in [-0.25, -0.2) is 0 Å². The summed E-state index contributed by atoms with van der Waals surface area (Å²) in [4.78, 5) is 0. The summed E-state index contributed by atoms with van der Waals surface area (Å²) in [6.45, 7) is 4.33. The van der Waals surface area contributed by atoms with E-state index in [1.807, 2.05) is 11.8 Å². The average molecular weight is 238 g/mol. The smallest absolute Gasteiger partial charge is 0.0797 e. The highest BCUT2D eigenvalue weighted by molar-refractivity contribution is 7.99. The maximum atomic E-state index is 9.95. The molecule has 0 aliphatic rings. The number of thioether (sulfide) groups is 1. The lowest BCUT2D eigenvalue weighted by Crippen LogP contribution is -1.99. The van der Waals surface area contributed by atoms with Crippen LogP contribution in [-0.4, -0.2) is 16.6 Å². The molecule has 0 aliphatic carbocycles. The molecule has 0 aromatic heterocycles. The summed E-state index contributed by atoms with van der Waals surface area (Å²) in [5, 5.41) is 9.95. The molecule has 1 nitrogen and oxygen atoms in total. The number of aryl methyl sites for hydroxylation is 1. The van der Waals surface area contributed by atoms with E-state index in [-0.39, 0.29) is 6.10 Å². The molecule has 90 valence electrons. The van der Waals surface area contributed by atoms with Crippen LogP contribution in [0.3, 0.4) is 0 Å². The van der Waals surface area contributed by atoms with Crippen molar-refractivity contribution in [1.29, 1.82) is 0 Å². The molecule has 0 fully saturated rings. The number of hydrogen-bond donors (Lipinski definition) is 1. The first kappa shape index (κ1) is 13.6. The summed E-state index contributed by atoms with van der Waals surface area (Å²) in [6, 6.07) is 8.39. The molecule has 0 bridgehead atoms. The first-order valence-corrected chi connectivity index (χ1v) is 7.28. The minimum atomic E-state index is -0.297. The van der Waals surface area contributed by atoms with Crippen LogP contribution in [-0.2, 0) is 6.42 Å². The van der Waals surface area contributed by atoms with Gasteiger partial charge in [-0.15, -0.1) is 0 Å². The van der Waals surface area contributed by atoms with E-state index in [2.05, 4.69) is 38.1 Å². The van der Waals surface area contributed by atoms with Crippen LogP contribution in [0, 0.1) is 0 Å². The highest BCUT2D eigenvalue weighted by atomic mass is 32.2. The standard InChI is InChI=1S/C14H22OS/c1-3-5-12-6-8-13(9-7-12)14(15)10-11-16-4-2/h6-9,14-15H,3-5,10-11H2,1-2H3. The fraction of sp³-hybridized carbons (Fsp3) is 0.571. The van der Waals surface area contributed by atoms with Crippen molar-refractivity contribution in [1.82, 2.24) is 0 Å². The Morgan fingerprint density at radius 3 is 2.44 bits per heavy atom. The average Bonchev–Trinajstić information content (AvgIpc) is 2.30. The van der Waals surface area contributed by atoms with Gasteiger partial charge < -0.3 is 5.11 Å². The second-order valence-corrected chi connectivity index (χ2v) is 5.39. The molecule has 1 aromatic rings. The number of benzene rings is 1. The van der Waals surface area contributed by atoms with Gasteiger partial charge in [-0.2, -0.15) is 11.8 Å². The van der Waals surface area contributed by atoms with Gasteiger partial charge in [0.05, 0.1) is 6.10 Å². The monoisotopic (exact) mass is 238 g/mol. The van der Waals surface area contributed by atoms with E-state index in [4.69, 9.17) is 0 Å². The Morgan fingerprint density at radius 2 is 1.88 bits per heavy atom. The normalized spacial score (nSPS) is 12.7. The molecule has 2 heteroatoms. The Balaban J connectivity index is 2.46. The van der Waals surface area contributed by atoms with Crippen molar-refractivity contribution in [2.75, 3.05) is 11.5 Å². The van der Waals surface area contributed by atoms with Gasteiger partial charge >= 0.3 is 0 Å². The van der Waals surface area contributed by atoms with Crippen molar-refractivity contribution >= 4 is 11.8 Å². The van der Waals surface area contributed by atoms with Crippen molar-refractivity contribution in [3.8, 4) is 0 Å². The van der Waals surface area contributed by atoms with E-state index in [1.165, 1.54) is 12.0 Å². The molecule has 0 amide bonds. The van der Waals surface area contributed by atoms with Gasteiger partial charge in [-0.05, 0) is 35.5 Å². The van der Waals surface area contributed by atoms with Gasteiger partial charge in [0, 0.05) is 0 Å². The molecule has 1 aromatic carbocycles. The largest absolute Gasteiger partial charge is 0.388 e. The van der Waals surface area contributed by atoms with Crippen LogP contribution in [0.4, 0.5) is 0 Å². The fourth-order valence-corrected chi connectivity index (χ4v) is 2.38. The Labute approximate surface area is 103 Å². The van der Waals surface area contributed by atoms with Crippen LogP contribution >= 0.6 is 11.8 Å². The number of aliphatic hydroxyl groups excluding tert-OH is 1. The van der Waals surface area contributed by atoms with Crippen LogP contribution in [0.1, 0.15) is 43.9 Å². The molecule has 1 atom stereocenters. The highest BCUT2D eigenvalue weighted by Gasteiger charge is 2.06. The third kappa shape index (κ3) is 4.58. The van der Waals surface area contributed by atoms with Crippen molar-refractivity contribution in [3.63, 3.8) is 0 Å². The molecule has 0 spiro atoms. The van der Waals surface area contributed by atoms with Crippen LogP contribution in [0.25, 0.3) is 0 Å². The third-order valence-corrected chi connectivity index (χ3v) is 3.58. The van der Waals surface area contributed by atoms with E-state index in [1.54, 1.807) is 0 Å². The van der Waals surface area contributed by atoms with Crippen LogP contribution < -0.4 is 0 Å². The molecule has 1 N–H and O–H groups in total. The molecular weight excluding hydrogens is 216 g/mol. The number of aliphatic hydroxyl groups is 1. The molecule has 16 heavy (non-hydrogen) atoms. The van der Waals surface area contributed by atoms with E-state index in [9.17, 15) is 5.11 Å². The number of rotatable bonds is 7. The molecule has 1 unspecified atom stereocenters. The van der Waals surface area contributed by atoms with Crippen molar-refractivity contribution in [2.45, 2.75) is 39.2 Å². The molecule has 0 saturated heterocycles. The predicted octanol–water partition coefficient (Wildman–Crippen LogP) is 3.82. The van der Waals surface area contributed by atoms with Crippen LogP contribution in [0.15, 0.2) is 24.3 Å². The first-order valence-electron chi connectivity index (χ1n) is 6.12. The Morgan fingerprint density at radius 1 is 1.19 bits per heavy atom. The lowest BCUT2D eigenvalue weighted by Gasteiger charge is -2.11. The van der Waals surface area contributed by atoms with Crippen LogP contribution in [0.2, 0.25) is 0 Å². The fourth-order valence-electron chi connectivity index (χ4n) is 1.70. The topological polar surface area (TPSA) is 20.2 Å². The van der Waals surface area contributed by atoms with Gasteiger partial charge in [-0.3, -0.25) is 0 Å². The Bertz CT molecular complexity index is 281. The summed E-state index contributed by atoms with van der Waals surface area (Å²) in [7, 11) is 0. The maximum absolute atomic E-state index is 9.95. The quantitative estimate of drug-likeness (QED) is 0.729. The summed E-state index contributed by atoms with van der Waals surface area (Å²) in [5.74, 6) is 2.16. The summed E-state index contributed by atoms with van der Waals surface area (Å²) in [6.07, 6.45) is 2.86. The highest BCUT2D eigenvalue weighted by Crippen LogP contribution is 2.19. The molecule has 1 rings (SSSR count). The molecule has 0 saturated carbocycles. The van der Waals surface area contributed by atoms with E-state index >= 15 is 0 Å². The number of hydrogen-bond acceptors (Lipinski definition) is 2.